The summed E-state index contributed by atoms with van der Waals surface area (Å²) in [5, 5.41) is 9.07. The van der Waals surface area contributed by atoms with Gasteiger partial charge in [0.2, 0.25) is 0 Å². The van der Waals surface area contributed by atoms with E-state index in [1.54, 1.807) is 11.8 Å². The van der Waals surface area contributed by atoms with Crippen LogP contribution >= 0.6 is 23.5 Å². The number of aromatic nitrogens is 3. The van der Waals surface area contributed by atoms with Crippen molar-refractivity contribution in [2.75, 3.05) is 6.61 Å². The fourth-order valence-corrected chi connectivity index (χ4v) is 3.95. The van der Waals surface area contributed by atoms with Gasteiger partial charge in [0.05, 0.1) is 12.4 Å². The van der Waals surface area contributed by atoms with E-state index in [2.05, 4.69) is 52.9 Å². The van der Waals surface area contributed by atoms with Crippen molar-refractivity contribution in [1.29, 1.82) is 0 Å². The Labute approximate surface area is 164 Å². The average molecular weight is 394 g/mol. The SMILES string of the molecule is CCn1c(CSc2ccc(C)cc2)nnc1SC(C)C(=O)OCC(C)C. The van der Waals surface area contributed by atoms with Crippen molar-refractivity contribution in [2.24, 2.45) is 5.92 Å². The second-order valence-electron chi connectivity index (χ2n) is 6.53. The molecule has 2 rings (SSSR count). The molecule has 26 heavy (non-hydrogen) atoms. The van der Waals surface area contributed by atoms with Crippen LogP contribution in [0.5, 0.6) is 0 Å². The Kier molecular flexibility index (Phi) is 8.03. The Balaban J connectivity index is 1.98. The monoisotopic (exact) mass is 393 g/mol. The molecule has 142 valence electrons. The molecule has 0 N–H and O–H groups in total. The van der Waals surface area contributed by atoms with E-state index in [0.29, 0.717) is 12.5 Å². The lowest BCUT2D eigenvalue weighted by Gasteiger charge is -2.13. The lowest BCUT2D eigenvalue weighted by atomic mass is 10.2. The lowest BCUT2D eigenvalue weighted by molar-refractivity contribution is -0.143. The van der Waals surface area contributed by atoms with Gasteiger partial charge in [-0.1, -0.05) is 43.3 Å². The highest BCUT2D eigenvalue weighted by Gasteiger charge is 2.21. The molecule has 0 amide bonds. The third-order valence-electron chi connectivity index (χ3n) is 3.67. The van der Waals surface area contributed by atoms with Gasteiger partial charge in [-0.3, -0.25) is 4.79 Å². The third kappa shape index (κ3) is 6.06. The van der Waals surface area contributed by atoms with Crippen LogP contribution in [-0.2, 0) is 21.8 Å². The number of ether oxygens (including phenoxy) is 1. The summed E-state index contributed by atoms with van der Waals surface area (Å²) in [6, 6.07) is 8.46. The molecule has 0 aliphatic heterocycles. The van der Waals surface area contributed by atoms with Crippen molar-refractivity contribution < 1.29 is 9.53 Å². The van der Waals surface area contributed by atoms with Gasteiger partial charge in [0.25, 0.3) is 0 Å². The second-order valence-corrected chi connectivity index (χ2v) is 8.89. The van der Waals surface area contributed by atoms with E-state index in [9.17, 15) is 4.79 Å². The summed E-state index contributed by atoms with van der Waals surface area (Å²) in [7, 11) is 0. The number of nitrogens with zero attached hydrogens (tertiary/aromatic N) is 3. The minimum absolute atomic E-state index is 0.204. The number of benzene rings is 1. The van der Waals surface area contributed by atoms with Crippen LogP contribution in [0.4, 0.5) is 0 Å². The zero-order valence-electron chi connectivity index (χ0n) is 16.1. The Morgan fingerprint density at radius 3 is 2.50 bits per heavy atom. The van der Waals surface area contributed by atoms with Crippen LogP contribution in [0.2, 0.25) is 0 Å². The Hall–Kier alpha value is -1.47. The number of hydrogen-bond acceptors (Lipinski definition) is 6. The van der Waals surface area contributed by atoms with Crippen LogP contribution in [0.15, 0.2) is 34.3 Å². The quantitative estimate of drug-likeness (QED) is 0.459. The van der Waals surface area contributed by atoms with Gasteiger partial charge < -0.3 is 9.30 Å². The van der Waals surface area contributed by atoms with Crippen molar-refractivity contribution in [3.05, 3.63) is 35.7 Å². The number of rotatable bonds is 9. The molecule has 0 aliphatic carbocycles. The number of hydrogen-bond donors (Lipinski definition) is 0. The maximum atomic E-state index is 12.1. The van der Waals surface area contributed by atoms with E-state index in [1.165, 1.54) is 22.2 Å². The number of thioether (sulfide) groups is 2. The fourth-order valence-electron chi connectivity index (χ4n) is 2.19. The Morgan fingerprint density at radius 2 is 1.88 bits per heavy atom. The van der Waals surface area contributed by atoms with Crippen LogP contribution in [0, 0.1) is 12.8 Å². The molecule has 0 saturated heterocycles. The van der Waals surface area contributed by atoms with Gasteiger partial charge in [0.1, 0.15) is 11.1 Å². The summed E-state index contributed by atoms with van der Waals surface area (Å²) in [6.45, 7) is 11.3. The minimum Gasteiger partial charge on any atom is -0.465 e. The number of esters is 1. The largest absolute Gasteiger partial charge is 0.465 e. The summed E-state index contributed by atoms with van der Waals surface area (Å²) in [6.07, 6.45) is 0. The normalized spacial score (nSPS) is 12.4. The molecule has 0 radical (unpaired) electrons. The summed E-state index contributed by atoms with van der Waals surface area (Å²) in [5.41, 5.74) is 1.25. The maximum absolute atomic E-state index is 12.1. The zero-order valence-corrected chi connectivity index (χ0v) is 17.7. The number of carbonyl (C=O) groups is 1. The van der Waals surface area contributed by atoms with Crippen molar-refractivity contribution in [1.82, 2.24) is 14.8 Å². The molecule has 1 aromatic carbocycles. The molecular weight excluding hydrogens is 366 g/mol. The molecule has 0 aliphatic rings. The topological polar surface area (TPSA) is 57.0 Å². The molecule has 7 heteroatoms. The van der Waals surface area contributed by atoms with Gasteiger partial charge in [0, 0.05) is 11.4 Å². The zero-order chi connectivity index (χ0) is 19.1. The molecule has 1 heterocycles. The third-order valence-corrected chi connectivity index (χ3v) is 5.74. The summed E-state index contributed by atoms with van der Waals surface area (Å²) >= 11 is 3.14. The summed E-state index contributed by atoms with van der Waals surface area (Å²) in [5.74, 6) is 1.80. The van der Waals surface area contributed by atoms with Crippen LogP contribution in [0.25, 0.3) is 0 Å². The van der Waals surface area contributed by atoms with Crippen molar-refractivity contribution >= 4 is 29.5 Å². The van der Waals surface area contributed by atoms with Crippen LogP contribution in [-0.4, -0.2) is 32.6 Å². The molecule has 0 spiro atoms. The van der Waals surface area contributed by atoms with Gasteiger partial charge in [-0.15, -0.1) is 22.0 Å². The Bertz CT molecular complexity index is 714. The van der Waals surface area contributed by atoms with Gasteiger partial charge in [-0.25, -0.2) is 0 Å². The van der Waals surface area contributed by atoms with Gasteiger partial charge >= 0.3 is 5.97 Å². The fraction of sp³-hybridized carbons (Fsp3) is 0.526. The van der Waals surface area contributed by atoms with Crippen LogP contribution < -0.4 is 0 Å². The van der Waals surface area contributed by atoms with Gasteiger partial charge in [-0.2, -0.15) is 0 Å². The maximum Gasteiger partial charge on any atom is 0.319 e. The first-order valence-corrected chi connectivity index (χ1v) is 10.7. The predicted molar refractivity (Wildman–Crippen MR) is 108 cm³/mol. The smallest absolute Gasteiger partial charge is 0.319 e. The second kappa shape index (κ2) is 10.0. The number of carbonyl (C=O) groups excluding carboxylic acids is 1. The van der Waals surface area contributed by atoms with Crippen molar-refractivity contribution in [2.45, 2.75) is 62.2 Å². The first-order chi connectivity index (χ1) is 12.4. The highest BCUT2D eigenvalue weighted by molar-refractivity contribution is 8.00. The van der Waals surface area contributed by atoms with E-state index in [1.807, 2.05) is 20.8 Å². The average Bonchev–Trinajstić information content (AvgIpc) is 3.00. The lowest BCUT2D eigenvalue weighted by Crippen LogP contribution is -2.20. The first-order valence-electron chi connectivity index (χ1n) is 8.85. The first kappa shape index (κ1) is 20.8. The molecule has 1 aromatic heterocycles. The molecule has 2 aromatic rings. The minimum atomic E-state index is -0.305. The van der Waals surface area contributed by atoms with E-state index < -0.39 is 0 Å². The van der Waals surface area contributed by atoms with Gasteiger partial charge in [-0.05, 0) is 38.8 Å². The summed E-state index contributed by atoms with van der Waals surface area (Å²) in [4.78, 5) is 13.3. The summed E-state index contributed by atoms with van der Waals surface area (Å²) < 4.78 is 7.38. The Morgan fingerprint density at radius 1 is 1.19 bits per heavy atom. The van der Waals surface area contributed by atoms with Crippen LogP contribution in [0.1, 0.15) is 39.1 Å². The van der Waals surface area contributed by atoms with E-state index in [0.717, 1.165) is 23.3 Å². The molecule has 0 bridgehead atoms. The molecule has 1 atom stereocenters. The highest BCUT2D eigenvalue weighted by atomic mass is 32.2. The van der Waals surface area contributed by atoms with E-state index in [-0.39, 0.29) is 11.2 Å². The molecule has 0 saturated carbocycles. The molecular formula is C19H27N3O2S2. The standard InChI is InChI=1S/C19H27N3O2S2/c1-6-22-17(12-25-16-9-7-14(4)8-10-16)20-21-19(22)26-15(5)18(23)24-11-13(2)3/h7-10,13,15H,6,11-12H2,1-5H3. The van der Waals surface area contributed by atoms with E-state index in [4.69, 9.17) is 4.74 Å². The van der Waals surface area contributed by atoms with Crippen molar-refractivity contribution in [3.63, 3.8) is 0 Å². The number of aryl methyl sites for hydroxylation is 1. The van der Waals surface area contributed by atoms with Crippen LogP contribution in [0.3, 0.4) is 0 Å². The molecule has 5 nitrogen and oxygen atoms in total. The van der Waals surface area contributed by atoms with Gasteiger partial charge in [0.15, 0.2) is 5.16 Å². The molecule has 1 unspecified atom stereocenters. The van der Waals surface area contributed by atoms with Crippen molar-refractivity contribution in [3.8, 4) is 0 Å². The highest BCUT2D eigenvalue weighted by Crippen LogP contribution is 2.27. The van der Waals surface area contributed by atoms with E-state index >= 15 is 0 Å². The predicted octanol–water partition coefficient (Wildman–Crippen LogP) is 4.58. The molecule has 0 fully saturated rings.